The molecule has 0 aliphatic heterocycles. The highest BCUT2D eigenvalue weighted by Gasteiger charge is 2.18. The Morgan fingerprint density at radius 3 is 2.64 bits per heavy atom. The van der Waals surface area contributed by atoms with Gasteiger partial charge in [-0.1, -0.05) is 31.9 Å². The van der Waals surface area contributed by atoms with Gasteiger partial charge in [-0.05, 0) is 25.0 Å². The van der Waals surface area contributed by atoms with Crippen molar-refractivity contribution < 1.29 is 4.79 Å². The van der Waals surface area contributed by atoms with Crippen LogP contribution in [-0.4, -0.2) is 5.78 Å². The molecule has 78 valence electrons. The number of carbonyl (C=O) groups is 1. The van der Waals surface area contributed by atoms with E-state index in [9.17, 15) is 4.79 Å². The Balaban J connectivity index is 2.72. The van der Waals surface area contributed by atoms with Gasteiger partial charge in [0.2, 0.25) is 0 Å². The maximum atomic E-state index is 11.9. The first-order valence-corrected chi connectivity index (χ1v) is 6.18. The van der Waals surface area contributed by atoms with E-state index in [1.54, 1.807) is 6.07 Å². The molecule has 1 aromatic heterocycles. The number of hydrogen-bond acceptors (Lipinski definition) is 2. The minimum Gasteiger partial charge on any atom is -0.293 e. The topological polar surface area (TPSA) is 17.1 Å². The van der Waals surface area contributed by atoms with Crippen LogP contribution >= 0.6 is 22.9 Å². The summed E-state index contributed by atoms with van der Waals surface area (Å²) in [4.78, 5) is 12.7. The molecule has 1 nitrogen and oxygen atoms in total. The third-order valence-corrected chi connectivity index (χ3v) is 3.56. The van der Waals surface area contributed by atoms with Gasteiger partial charge in [-0.25, -0.2) is 0 Å². The zero-order valence-electron chi connectivity index (χ0n) is 8.55. The van der Waals surface area contributed by atoms with Crippen molar-refractivity contribution in [3.8, 4) is 0 Å². The van der Waals surface area contributed by atoms with E-state index in [1.165, 1.54) is 11.3 Å². The van der Waals surface area contributed by atoms with E-state index in [0.29, 0.717) is 4.34 Å². The molecule has 0 amide bonds. The standard InChI is InChI=1S/C11H15ClOS/c1-3-5-8(4-2)11(13)9-6-7-10(12)14-9/h6-8H,3-5H2,1-2H3. The van der Waals surface area contributed by atoms with Crippen LogP contribution in [0.4, 0.5) is 0 Å². The Bertz CT molecular complexity index is 306. The molecule has 0 saturated carbocycles. The SMILES string of the molecule is CCCC(CC)C(=O)c1ccc(Cl)s1. The summed E-state index contributed by atoms with van der Waals surface area (Å²) in [6, 6.07) is 3.62. The minimum atomic E-state index is 0.176. The molecule has 0 bridgehead atoms. The van der Waals surface area contributed by atoms with Crippen LogP contribution < -0.4 is 0 Å². The van der Waals surface area contributed by atoms with Crippen molar-refractivity contribution in [1.82, 2.24) is 0 Å². The van der Waals surface area contributed by atoms with Crippen LogP contribution in [0.1, 0.15) is 42.8 Å². The minimum absolute atomic E-state index is 0.176. The lowest BCUT2D eigenvalue weighted by Crippen LogP contribution is -2.12. The third kappa shape index (κ3) is 2.82. The second-order valence-electron chi connectivity index (χ2n) is 3.36. The molecular formula is C11H15ClOS. The Hall–Kier alpha value is -0.340. The van der Waals surface area contributed by atoms with E-state index < -0.39 is 0 Å². The molecule has 1 atom stereocenters. The fraction of sp³-hybridized carbons (Fsp3) is 0.545. The number of Topliss-reactive ketones (excluding diaryl/α,β-unsaturated/α-hetero) is 1. The van der Waals surface area contributed by atoms with Gasteiger partial charge in [0.25, 0.3) is 0 Å². The van der Waals surface area contributed by atoms with Crippen LogP contribution in [0.2, 0.25) is 4.34 Å². The van der Waals surface area contributed by atoms with Crippen LogP contribution in [0, 0.1) is 5.92 Å². The second-order valence-corrected chi connectivity index (χ2v) is 5.08. The normalized spacial score (nSPS) is 12.8. The van der Waals surface area contributed by atoms with Gasteiger partial charge in [0.1, 0.15) is 0 Å². The molecule has 0 N–H and O–H groups in total. The first kappa shape index (κ1) is 11.7. The molecule has 1 heterocycles. The average Bonchev–Trinajstić information content (AvgIpc) is 2.60. The Morgan fingerprint density at radius 1 is 1.50 bits per heavy atom. The maximum Gasteiger partial charge on any atom is 0.175 e. The summed E-state index contributed by atoms with van der Waals surface area (Å²) in [7, 11) is 0. The van der Waals surface area contributed by atoms with Crippen molar-refractivity contribution in [1.29, 1.82) is 0 Å². The van der Waals surface area contributed by atoms with Gasteiger partial charge in [-0.15, -0.1) is 11.3 Å². The maximum absolute atomic E-state index is 11.9. The van der Waals surface area contributed by atoms with Gasteiger partial charge in [0.15, 0.2) is 5.78 Å². The Labute approximate surface area is 94.1 Å². The van der Waals surface area contributed by atoms with Crippen LogP contribution in [0.5, 0.6) is 0 Å². The van der Waals surface area contributed by atoms with Crippen molar-refractivity contribution in [2.24, 2.45) is 5.92 Å². The average molecular weight is 231 g/mol. The lowest BCUT2D eigenvalue weighted by Gasteiger charge is -2.10. The van der Waals surface area contributed by atoms with Crippen LogP contribution in [0.3, 0.4) is 0 Å². The van der Waals surface area contributed by atoms with Crippen LogP contribution in [0.15, 0.2) is 12.1 Å². The van der Waals surface area contributed by atoms with E-state index in [1.807, 2.05) is 6.07 Å². The van der Waals surface area contributed by atoms with Gasteiger partial charge in [0, 0.05) is 5.92 Å². The number of ketones is 1. The zero-order chi connectivity index (χ0) is 10.6. The van der Waals surface area contributed by atoms with Crippen LogP contribution in [0.25, 0.3) is 0 Å². The van der Waals surface area contributed by atoms with E-state index in [2.05, 4.69) is 13.8 Å². The number of halogens is 1. The molecule has 0 fully saturated rings. The number of hydrogen-bond donors (Lipinski definition) is 0. The molecule has 0 aliphatic carbocycles. The molecule has 0 saturated heterocycles. The fourth-order valence-corrected chi connectivity index (χ4v) is 2.58. The van der Waals surface area contributed by atoms with E-state index in [0.717, 1.165) is 24.1 Å². The predicted molar refractivity (Wildman–Crippen MR) is 62.3 cm³/mol. The largest absolute Gasteiger partial charge is 0.293 e. The molecule has 3 heteroatoms. The summed E-state index contributed by atoms with van der Waals surface area (Å²) in [6.45, 7) is 4.17. The molecule has 1 unspecified atom stereocenters. The zero-order valence-corrected chi connectivity index (χ0v) is 10.1. The summed E-state index contributed by atoms with van der Waals surface area (Å²) in [5.41, 5.74) is 0. The number of carbonyl (C=O) groups excluding carboxylic acids is 1. The summed E-state index contributed by atoms with van der Waals surface area (Å²) >= 11 is 7.18. The monoisotopic (exact) mass is 230 g/mol. The second kappa shape index (κ2) is 5.52. The highest BCUT2D eigenvalue weighted by Crippen LogP contribution is 2.26. The molecule has 1 aromatic rings. The van der Waals surface area contributed by atoms with Crippen molar-refractivity contribution >= 4 is 28.7 Å². The number of rotatable bonds is 5. The summed E-state index contributed by atoms with van der Waals surface area (Å²) in [5.74, 6) is 0.431. The Kier molecular flexibility index (Phi) is 4.63. The molecule has 0 aliphatic rings. The van der Waals surface area contributed by atoms with Gasteiger partial charge < -0.3 is 0 Å². The molecule has 0 spiro atoms. The first-order valence-electron chi connectivity index (χ1n) is 4.98. The van der Waals surface area contributed by atoms with E-state index in [-0.39, 0.29) is 11.7 Å². The lowest BCUT2D eigenvalue weighted by atomic mass is 9.95. The summed E-state index contributed by atoms with van der Waals surface area (Å²) in [5, 5.41) is 0. The highest BCUT2D eigenvalue weighted by molar-refractivity contribution is 7.18. The fourth-order valence-electron chi connectivity index (χ4n) is 1.52. The quantitative estimate of drug-likeness (QED) is 0.685. The lowest BCUT2D eigenvalue weighted by molar-refractivity contribution is 0.0913. The Morgan fingerprint density at radius 2 is 2.21 bits per heavy atom. The molecule has 14 heavy (non-hydrogen) atoms. The highest BCUT2D eigenvalue weighted by atomic mass is 35.5. The van der Waals surface area contributed by atoms with Crippen molar-refractivity contribution in [2.45, 2.75) is 33.1 Å². The summed E-state index contributed by atoms with van der Waals surface area (Å²) < 4.78 is 0.694. The van der Waals surface area contributed by atoms with Gasteiger partial charge >= 0.3 is 0 Å². The summed E-state index contributed by atoms with van der Waals surface area (Å²) in [6.07, 6.45) is 2.95. The van der Waals surface area contributed by atoms with Crippen molar-refractivity contribution in [2.75, 3.05) is 0 Å². The van der Waals surface area contributed by atoms with Crippen LogP contribution in [-0.2, 0) is 0 Å². The smallest absolute Gasteiger partial charge is 0.175 e. The predicted octanol–water partition coefficient (Wildman–Crippen LogP) is 4.41. The molecule has 0 aromatic carbocycles. The van der Waals surface area contributed by atoms with Crippen molar-refractivity contribution in [3.05, 3.63) is 21.3 Å². The van der Waals surface area contributed by atoms with Crippen molar-refractivity contribution in [3.63, 3.8) is 0 Å². The molecule has 0 radical (unpaired) electrons. The number of thiophene rings is 1. The third-order valence-electron chi connectivity index (χ3n) is 2.32. The van der Waals surface area contributed by atoms with Gasteiger partial charge in [-0.2, -0.15) is 0 Å². The van der Waals surface area contributed by atoms with Gasteiger partial charge in [-0.3, -0.25) is 4.79 Å². The van der Waals surface area contributed by atoms with E-state index >= 15 is 0 Å². The molecule has 1 rings (SSSR count). The van der Waals surface area contributed by atoms with E-state index in [4.69, 9.17) is 11.6 Å². The van der Waals surface area contributed by atoms with Gasteiger partial charge in [0.05, 0.1) is 9.21 Å². The first-order chi connectivity index (χ1) is 6.69. The molecular weight excluding hydrogens is 216 g/mol.